The van der Waals surface area contributed by atoms with Crippen LogP contribution in [-0.4, -0.2) is 24.8 Å². The summed E-state index contributed by atoms with van der Waals surface area (Å²) >= 11 is 0. The fraction of sp³-hybridized carbons (Fsp3) is 0.130. The third kappa shape index (κ3) is 4.35. The summed E-state index contributed by atoms with van der Waals surface area (Å²) < 4.78 is 21.7. The minimum absolute atomic E-state index is 0.144. The summed E-state index contributed by atoms with van der Waals surface area (Å²) in [7, 11) is 0. The van der Waals surface area contributed by atoms with Crippen molar-refractivity contribution >= 4 is 17.6 Å². The monoisotopic (exact) mass is 405 g/mol. The zero-order valence-corrected chi connectivity index (χ0v) is 16.2. The van der Waals surface area contributed by atoms with E-state index in [-0.39, 0.29) is 12.4 Å². The highest BCUT2D eigenvalue weighted by Gasteiger charge is 2.22. The Morgan fingerprint density at radius 1 is 0.933 bits per heavy atom. The lowest BCUT2D eigenvalue weighted by Crippen LogP contribution is -2.30. The predicted molar refractivity (Wildman–Crippen MR) is 109 cm³/mol. The molecule has 152 valence electrons. The van der Waals surface area contributed by atoms with Gasteiger partial charge in [-0.05, 0) is 43.3 Å². The van der Waals surface area contributed by atoms with Gasteiger partial charge in [0.1, 0.15) is 17.1 Å². The average molecular weight is 405 g/mol. The summed E-state index contributed by atoms with van der Waals surface area (Å²) in [5.74, 6) is 0.967. The third-order valence-electron chi connectivity index (χ3n) is 4.37. The molecular weight excluding hydrogens is 386 g/mol. The lowest BCUT2D eigenvalue weighted by molar-refractivity contribution is -0.123. The minimum Gasteiger partial charge on any atom is -0.456 e. The summed E-state index contributed by atoms with van der Waals surface area (Å²) in [6.07, 6.45) is -1.02. The van der Waals surface area contributed by atoms with Crippen LogP contribution >= 0.6 is 0 Å². The van der Waals surface area contributed by atoms with Crippen LogP contribution in [0.15, 0.2) is 72.8 Å². The van der Waals surface area contributed by atoms with Gasteiger partial charge < -0.3 is 24.3 Å². The van der Waals surface area contributed by atoms with Crippen LogP contribution in [0.25, 0.3) is 0 Å². The molecule has 3 aromatic carbocycles. The number of esters is 1. The Morgan fingerprint density at radius 3 is 2.50 bits per heavy atom. The fourth-order valence-corrected chi connectivity index (χ4v) is 2.84. The second-order valence-electron chi connectivity index (χ2n) is 6.52. The normalized spacial score (nSPS) is 12.7. The van der Waals surface area contributed by atoms with Crippen LogP contribution in [0.1, 0.15) is 17.3 Å². The van der Waals surface area contributed by atoms with Crippen molar-refractivity contribution in [1.29, 1.82) is 0 Å². The zero-order valence-electron chi connectivity index (χ0n) is 16.2. The quantitative estimate of drug-likeness (QED) is 0.613. The molecule has 1 atom stereocenters. The van der Waals surface area contributed by atoms with E-state index >= 15 is 0 Å². The molecule has 0 unspecified atom stereocenters. The zero-order chi connectivity index (χ0) is 20.9. The van der Waals surface area contributed by atoms with E-state index in [0.717, 1.165) is 0 Å². The molecule has 30 heavy (non-hydrogen) atoms. The maximum Gasteiger partial charge on any atom is 0.342 e. The Kier molecular flexibility index (Phi) is 5.52. The van der Waals surface area contributed by atoms with Crippen molar-refractivity contribution in [2.45, 2.75) is 13.0 Å². The Bertz CT molecular complexity index is 1070. The first-order valence-corrected chi connectivity index (χ1v) is 9.33. The lowest BCUT2D eigenvalue weighted by Gasteiger charge is -2.15. The van der Waals surface area contributed by atoms with Gasteiger partial charge in [-0.1, -0.05) is 30.3 Å². The summed E-state index contributed by atoms with van der Waals surface area (Å²) in [5.41, 5.74) is 0.740. The van der Waals surface area contributed by atoms with E-state index in [1.807, 2.05) is 18.2 Å². The molecule has 7 nitrogen and oxygen atoms in total. The van der Waals surface area contributed by atoms with E-state index in [9.17, 15) is 9.59 Å². The number of carbonyl (C=O) groups excluding carboxylic acids is 2. The first-order chi connectivity index (χ1) is 14.6. The van der Waals surface area contributed by atoms with Gasteiger partial charge in [0.05, 0.1) is 0 Å². The molecule has 0 spiro atoms. The SMILES string of the molecule is C[C@H](OC(=O)c1ccccc1Oc1ccccc1)C(=O)Nc1ccc2c(c1)OCO2. The number of anilines is 1. The first-order valence-electron chi connectivity index (χ1n) is 9.33. The van der Waals surface area contributed by atoms with Gasteiger partial charge in [0, 0.05) is 11.8 Å². The molecule has 1 aliphatic rings. The number of para-hydroxylation sites is 2. The fourth-order valence-electron chi connectivity index (χ4n) is 2.84. The van der Waals surface area contributed by atoms with Crippen LogP contribution in [0, 0.1) is 0 Å². The second kappa shape index (κ2) is 8.57. The van der Waals surface area contributed by atoms with Crippen molar-refractivity contribution in [3.8, 4) is 23.0 Å². The smallest absolute Gasteiger partial charge is 0.342 e. The number of hydrogen-bond donors (Lipinski definition) is 1. The Hall–Kier alpha value is -4.00. The van der Waals surface area contributed by atoms with E-state index in [0.29, 0.717) is 28.7 Å². The van der Waals surface area contributed by atoms with Crippen molar-refractivity contribution in [3.05, 3.63) is 78.4 Å². The molecule has 0 aromatic heterocycles. The molecule has 1 amide bonds. The average Bonchev–Trinajstić information content (AvgIpc) is 3.22. The second-order valence-corrected chi connectivity index (χ2v) is 6.52. The number of hydrogen-bond acceptors (Lipinski definition) is 6. The molecule has 1 aliphatic heterocycles. The number of nitrogens with one attached hydrogen (secondary N) is 1. The summed E-state index contributed by atoms with van der Waals surface area (Å²) in [5, 5.41) is 2.70. The Morgan fingerprint density at radius 2 is 1.67 bits per heavy atom. The van der Waals surface area contributed by atoms with Crippen molar-refractivity contribution in [2.75, 3.05) is 12.1 Å². The molecule has 0 aliphatic carbocycles. The van der Waals surface area contributed by atoms with Gasteiger partial charge in [0.15, 0.2) is 17.6 Å². The molecule has 0 bridgehead atoms. The Balaban J connectivity index is 1.41. The summed E-state index contributed by atoms with van der Waals surface area (Å²) in [6, 6.07) is 20.8. The molecule has 1 N–H and O–H groups in total. The molecule has 1 heterocycles. The van der Waals surface area contributed by atoms with Gasteiger partial charge in [-0.2, -0.15) is 0 Å². The molecule has 0 radical (unpaired) electrons. The van der Waals surface area contributed by atoms with E-state index in [4.69, 9.17) is 18.9 Å². The van der Waals surface area contributed by atoms with E-state index in [1.165, 1.54) is 6.92 Å². The largest absolute Gasteiger partial charge is 0.456 e. The maximum atomic E-state index is 12.7. The standard InChI is InChI=1S/C23H19NO6/c1-15(22(25)24-16-11-12-20-21(13-16)28-14-27-20)29-23(26)18-9-5-6-10-19(18)30-17-7-3-2-4-8-17/h2-13,15H,14H2,1H3,(H,24,25)/t15-/m0/s1. The Labute approximate surface area is 173 Å². The van der Waals surface area contributed by atoms with Crippen LogP contribution in [0.3, 0.4) is 0 Å². The first kappa shape index (κ1) is 19.3. The van der Waals surface area contributed by atoms with Gasteiger partial charge in [-0.3, -0.25) is 4.79 Å². The number of carbonyl (C=O) groups is 2. The summed E-state index contributed by atoms with van der Waals surface area (Å²) in [6.45, 7) is 1.64. The molecule has 0 saturated heterocycles. The number of fused-ring (bicyclic) bond motifs is 1. The van der Waals surface area contributed by atoms with Crippen molar-refractivity contribution < 1.29 is 28.5 Å². The highest BCUT2D eigenvalue weighted by molar-refractivity contribution is 5.98. The number of ether oxygens (including phenoxy) is 4. The molecule has 0 saturated carbocycles. The van der Waals surface area contributed by atoms with Gasteiger partial charge in [-0.25, -0.2) is 4.79 Å². The van der Waals surface area contributed by atoms with Gasteiger partial charge >= 0.3 is 5.97 Å². The van der Waals surface area contributed by atoms with Crippen LogP contribution in [0.5, 0.6) is 23.0 Å². The highest BCUT2D eigenvalue weighted by Crippen LogP contribution is 2.34. The number of amides is 1. The topological polar surface area (TPSA) is 83.1 Å². The molecular formula is C23H19NO6. The van der Waals surface area contributed by atoms with E-state index in [1.54, 1.807) is 54.6 Å². The van der Waals surface area contributed by atoms with Crippen molar-refractivity contribution in [3.63, 3.8) is 0 Å². The number of rotatable bonds is 6. The predicted octanol–water partition coefficient (Wildman–Crippen LogP) is 4.39. The van der Waals surface area contributed by atoms with Gasteiger partial charge in [0.25, 0.3) is 5.91 Å². The van der Waals surface area contributed by atoms with E-state index < -0.39 is 18.0 Å². The molecule has 3 aromatic rings. The van der Waals surface area contributed by atoms with Crippen LogP contribution < -0.4 is 19.5 Å². The third-order valence-corrected chi connectivity index (χ3v) is 4.37. The number of benzene rings is 3. The molecule has 0 fully saturated rings. The molecule has 4 rings (SSSR count). The van der Waals surface area contributed by atoms with Crippen molar-refractivity contribution in [1.82, 2.24) is 0 Å². The van der Waals surface area contributed by atoms with E-state index in [2.05, 4.69) is 5.32 Å². The lowest BCUT2D eigenvalue weighted by atomic mass is 10.2. The van der Waals surface area contributed by atoms with Gasteiger partial charge in [-0.15, -0.1) is 0 Å². The van der Waals surface area contributed by atoms with Crippen molar-refractivity contribution in [2.24, 2.45) is 0 Å². The molecule has 7 heteroatoms. The van der Waals surface area contributed by atoms with Crippen LogP contribution in [-0.2, 0) is 9.53 Å². The van der Waals surface area contributed by atoms with Crippen LogP contribution in [0.4, 0.5) is 5.69 Å². The minimum atomic E-state index is -1.02. The van der Waals surface area contributed by atoms with Crippen LogP contribution in [0.2, 0.25) is 0 Å². The highest BCUT2D eigenvalue weighted by atomic mass is 16.7. The summed E-state index contributed by atoms with van der Waals surface area (Å²) in [4.78, 5) is 25.1. The van der Waals surface area contributed by atoms with Gasteiger partial charge in [0.2, 0.25) is 6.79 Å². The maximum absolute atomic E-state index is 12.7.